The van der Waals surface area contributed by atoms with Crippen molar-refractivity contribution in [3.05, 3.63) is 33.3 Å². The molecule has 0 saturated heterocycles. The number of halogens is 2. The Morgan fingerprint density at radius 3 is 2.59 bits per heavy atom. The molecule has 0 heterocycles. The second-order valence-corrected chi connectivity index (χ2v) is 7.10. The zero-order valence-corrected chi connectivity index (χ0v) is 15.2. The molecular weight excluding hydrogens is 374 g/mol. The quantitative estimate of drug-likeness (QED) is 0.803. The third-order valence-corrected chi connectivity index (χ3v) is 3.98. The molecule has 1 amide bonds. The van der Waals surface area contributed by atoms with E-state index in [4.69, 9.17) is 21.4 Å². The van der Waals surface area contributed by atoms with Crippen LogP contribution in [0.5, 0.6) is 0 Å². The maximum atomic E-state index is 12.1. The van der Waals surface area contributed by atoms with Crippen molar-refractivity contribution in [1.82, 2.24) is 4.90 Å². The molecule has 0 radical (unpaired) electrons. The van der Waals surface area contributed by atoms with Crippen molar-refractivity contribution in [2.24, 2.45) is 0 Å². The lowest BCUT2D eigenvalue weighted by Crippen LogP contribution is -2.40. The highest BCUT2D eigenvalue weighted by atomic mass is 79.9. The van der Waals surface area contributed by atoms with Crippen LogP contribution in [0.3, 0.4) is 0 Å². The van der Waals surface area contributed by atoms with E-state index in [0.29, 0.717) is 10.6 Å². The van der Waals surface area contributed by atoms with E-state index in [1.54, 1.807) is 39.0 Å². The van der Waals surface area contributed by atoms with E-state index in [-0.39, 0.29) is 19.7 Å². The zero-order valence-electron chi connectivity index (χ0n) is 12.8. The number of rotatable bonds is 5. The number of ether oxygens (including phenoxy) is 1. The molecule has 1 atom stereocenters. The van der Waals surface area contributed by atoms with Gasteiger partial charge in [0.25, 0.3) is 0 Å². The Balaban J connectivity index is 2.80. The first-order chi connectivity index (χ1) is 10.1. The predicted molar refractivity (Wildman–Crippen MR) is 89.0 cm³/mol. The van der Waals surface area contributed by atoms with Gasteiger partial charge in [-0.05, 0) is 54.4 Å². The summed E-state index contributed by atoms with van der Waals surface area (Å²) < 4.78 is 5.99. The van der Waals surface area contributed by atoms with Crippen molar-refractivity contribution < 1.29 is 19.7 Å². The minimum atomic E-state index is -0.926. The molecule has 0 spiro atoms. The van der Waals surface area contributed by atoms with Crippen LogP contribution in [0, 0.1) is 0 Å². The van der Waals surface area contributed by atoms with Crippen LogP contribution >= 0.6 is 27.5 Å². The molecule has 2 N–H and O–H groups in total. The Hall–Kier alpha value is -0.820. The van der Waals surface area contributed by atoms with Crippen LogP contribution < -0.4 is 0 Å². The monoisotopic (exact) mass is 393 g/mol. The Kier molecular flexibility index (Phi) is 7.12. The molecule has 0 saturated carbocycles. The summed E-state index contributed by atoms with van der Waals surface area (Å²) in [6, 6.07) is 5.07. The maximum Gasteiger partial charge on any atom is 0.410 e. The number of hydrogen-bond acceptors (Lipinski definition) is 4. The number of carbonyl (C=O) groups excluding carboxylic acids is 1. The van der Waals surface area contributed by atoms with E-state index in [9.17, 15) is 9.90 Å². The summed E-state index contributed by atoms with van der Waals surface area (Å²) in [5, 5.41) is 19.8. The van der Waals surface area contributed by atoms with Gasteiger partial charge in [-0.25, -0.2) is 4.79 Å². The van der Waals surface area contributed by atoms with Gasteiger partial charge in [-0.15, -0.1) is 0 Å². The summed E-state index contributed by atoms with van der Waals surface area (Å²) in [5.74, 6) is 0. The molecule has 124 valence electrons. The largest absolute Gasteiger partial charge is 0.444 e. The van der Waals surface area contributed by atoms with E-state index in [1.165, 1.54) is 4.90 Å². The summed E-state index contributed by atoms with van der Waals surface area (Å²) >= 11 is 9.28. The van der Waals surface area contributed by atoms with Gasteiger partial charge < -0.3 is 19.8 Å². The van der Waals surface area contributed by atoms with E-state index in [2.05, 4.69) is 15.9 Å². The molecule has 0 aliphatic rings. The van der Waals surface area contributed by atoms with Crippen LogP contribution in [0.2, 0.25) is 5.02 Å². The summed E-state index contributed by atoms with van der Waals surface area (Å²) in [6.45, 7) is 5.14. The summed E-state index contributed by atoms with van der Waals surface area (Å²) in [7, 11) is 0. The molecule has 0 aromatic heterocycles. The highest BCUT2D eigenvalue weighted by Crippen LogP contribution is 2.26. The van der Waals surface area contributed by atoms with Gasteiger partial charge in [-0.2, -0.15) is 0 Å². The highest BCUT2D eigenvalue weighted by molar-refractivity contribution is 9.10. The maximum absolute atomic E-state index is 12.1. The fourth-order valence-corrected chi connectivity index (χ4v) is 2.17. The number of aliphatic hydroxyl groups is 2. The third kappa shape index (κ3) is 6.12. The lowest BCUT2D eigenvalue weighted by atomic mass is 10.1. The van der Waals surface area contributed by atoms with Crippen molar-refractivity contribution >= 4 is 33.6 Å². The van der Waals surface area contributed by atoms with Crippen molar-refractivity contribution in [1.29, 1.82) is 0 Å². The molecular formula is C15H21BrClNO4. The number of carbonyl (C=O) groups is 1. The molecule has 1 aromatic rings. The van der Waals surface area contributed by atoms with Crippen molar-refractivity contribution in [3.8, 4) is 0 Å². The fraction of sp³-hybridized carbons (Fsp3) is 0.533. The smallest absolute Gasteiger partial charge is 0.410 e. The molecule has 5 nitrogen and oxygen atoms in total. The van der Waals surface area contributed by atoms with Gasteiger partial charge in [-0.3, -0.25) is 0 Å². The number of aliphatic hydroxyl groups excluding tert-OH is 2. The first kappa shape index (κ1) is 19.2. The molecule has 0 aliphatic heterocycles. The van der Waals surface area contributed by atoms with Gasteiger partial charge in [-0.1, -0.05) is 17.7 Å². The Morgan fingerprint density at radius 2 is 2.09 bits per heavy atom. The molecule has 22 heavy (non-hydrogen) atoms. The Morgan fingerprint density at radius 1 is 1.45 bits per heavy atom. The molecule has 1 rings (SSSR count). The van der Waals surface area contributed by atoms with E-state index >= 15 is 0 Å². The summed E-state index contributed by atoms with van der Waals surface area (Å²) in [5.41, 5.74) is -0.0591. The molecule has 0 aliphatic carbocycles. The van der Waals surface area contributed by atoms with Crippen LogP contribution in [-0.2, 0) is 4.74 Å². The number of benzene rings is 1. The van der Waals surface area contributed by atoms with Crippen LogP contribution in [-0.4, -0.2) is 46.5 Å². The summed E-state index contributed by atoms with van der Waals surface area (Å²) in [6.07, 6.45) is -1.51. The Bertz CT molecular complexity index is 519. The number of amides is 1. The lowest BCUT2D eigenvalue weighted by Gasteiger charge is -2.28. The van der Waals surface area contributed by atoms with Gasteiger partial charge in [0.1, 0.15) is 5.60 Å². The number of nitrogens with zero attached hydrogens (tertiary/aromatic N) is 1. The minimum Gasteiger partial charge on any atom is -0.444 e. The molecule has 0 unspecified atom stereocenters. The minimum absolute atomic E-state index is 0.00738. The van der Waals surface area contributed by atoms with Crippen molar-refractivity contribution in [2.45, 2.75) is 32.5 Å². The van der Waals surface area contributed by atoms with Gasteiger partial charge in [0, 0.05) is 11.0 Å². The van der Waals surface area contributed by atoms with Gasteiger partial charge in [0.2, 0.25) is 0 Å². The second kappa shape index (κ2) is 8.15. The number of hydrogen-bond donors (Lipinski definition) is 2. The molecule has 0 bridgehead atoms. The predicted octanol–water partition coefficient (Wildman–Crippen LogP) is 3.37. The average molecular weight is 395 g/mol. The second-order valence-electron chi connectivity index (χ2n) is 5.84. The zero-order chi connectivity index (χ0) is 16.9. The lowest BCUT2D eigenvalue weighted by molar-refractivity contribution is 0.0109. The molecule has 1 aromatic carbocycles. The SMILES string of the molecule is CC(C)(C)OC(=O)N(CCO)C[C@H](O)c1ccc(Br)c(Cl)c1. The van der Waals surface area contributed by atoms with Crippen LogP contribution in [0.4, 0.5) is 4.79 Å². The molecule has 0 fully saturated rings. The topological polar surface area (TPSA) is 70.0 Å². The van der Waals surface area contributed by atoms with Crippen molar-refractivity contribution in [2.75, 3.05) is 19.7 Å². The third-order valence-electron chi connectivity index (χ3n) is 2.74. The average Bonchev–Trinajstić information content (AvgIpc) is 2.39. The molecule has 7 heteroatoms. The standard InChI is InChI=1S/C15H21BrClNO4/c1-15(2,3)22-14(21)18(6-7-19)9-13(20)10-4-5-11(16)12(17)8-10/h4-5,8,13,19-20H,6-7,9H2,1-3H3/t13-/m0/s1. The van der Waals surface area contributed by atoms with E-state index in [0.717, 1.165) is 4.47 Å². The highest BCUT2D eigenvalue weighted by Gasteiger charge is 2.24. The first-order valence-corrected chi connectivity index (χ1v) is 8.03. The van der Waals surface area contributed by atoms with Gasteiger partial charge in [0.15, 0.2) is 0 Å². The normalized spacial score (nSPS) is 12.9. The van der Waals surface area contributed by atoms with Gasteiger partial charge >= 0.3 is 6.09 Å². The van der Waals surface area contributed by atoms with Crippen LogP contribution in [0.25, 0.3) is 0 Å². The van der Waals surface area contributed by atoms with E-state index < -0.39 is 17.8 Å². The van der Waals surface area contributed by atoms with Gasteiger partial charge in [0.05, 0.1) is 24.3 Å². The fourth-order valence-electron chi connectivity index (χ4n) is 1.74. The van der Waals surface area contributed by atoms with Crippen LogP contribution in [0.15, 0.2) is 22.7 Å². The first-order valence-electron chi connectivity index (χ1n) is 6.86. The van der Waals surface area contributed by atoms with E-state index in [1.807, 2.05) is 0 Å². The van der Waals surface area contributed by atoms with Crippen molar-refractivity contribution in [3.63, 3.8) is 0 Å². The van der Waals surface area contributed by atoms with Crippen LogP contribution in [0.1, 0.15) is 32.4 Å². The Labute approximate surface area is 144 Å². The summed E-state index contributed by atoms with van der Waals surface area (Å²) in [4.78, 5) is 13.4.